The lowest BCUT2D eigenvalue weighted by Crippen LogP contribution is -2.07. The van der Waals surface area contributed by atoms with Gasteiger partial charge in [0, 0.05) is 19.8 Å². The van der Waals surface area contributed by atoms with E-state index in [0.717, 1.165) is 23.4 Å². The summed E-state index contributed by atoms with van der Waals surface area (Å²) >= 11 is 0. The molecule has 0 aromatic heterocycles. The summed E-state index contributed by atoms with van der Waals surface area (Å²) in [6, 6.07) is 13.1. The van der Waals surface area contributed by atoms with Crippen LogP contribution in [0, 0.1) is 0 Å². The predicted molar refractivity (Wildman–Crippen MR) is 81.1 cm³/mol. The molecule has 0 fully saturated rings. The summed E-state index contributed by atoms with van der Waals surface area (Å²) in [5.41, 5.74) is 1.92. The van der Waals surface area contributed by atoms with Crippen molar-refractivity contribution < 1.29 is 13.2 Å². The van der Waals surface area contributed by atoms with E-state index < -0.39 is 11.7 Å². The summed E-state index contributed by atoms with van der Waals surface area (Å²) in [4.78, 5) is 1.99. The van der Waals surface area contributed by atoms with Gasteiger partial charge in [-0.15, -0.1) is 0 Å². The van der Waals surface area contributed by atoms with Gasteiger partial charge >= 0.3 is 6.18 Å². The van der Waals surface area contributed by atoms with Crippen LogP contribution in [0.1, 0.15) is 16.7 Å². The first-order valence-electron chi connectivity index (χ1n) is 6.49. The van der Waals surface area contributed by atoms with Gasteiger partial charge in [0.05, 0.1) is 5.56 Å². The predicted octanol–water partition coefficient (Wildman–Crippen LogP) is 4.94. The number of halogens is 3. The van der Waals surface area contributed by atoms with Gasteiger partial charge in [0.25, 0.3) is 0 Å². The monoisotopic (exact) mass is 291 g/mol. The number of hydrogen-bond donors (Lipinski definition) is 0. The highest BCUT2D eigenvalue weighted by Crippen LogP contribution is 2.29. The second-order valence-electron chi connectivity index (χ2n) is 4.94. The molecule has 0 aliphatic carbocycles. The average molecular weight is 291 g/mol. The maximum atomic E-state index is 12.6. The molecule has 2 aromatic carbocycles. The highest BCUT2D eigenvalue weighted by molar-refractivity contribution is 5.70. The molecule has 2 rings (SSSR count). The maximum absolute atomic E-state index is 12.6. The van der Waals surface area contributed by atoms with Crippen LogP contribution in [0.15, 0.2) is 48.5 Å². The van der Waals surface area contributed by atoms with E-state index >= 15 is 0 Å². The number of hydrogen-bond acceptors (Lipinski definition) is 1. The van der Waals surface area contributed by atoms with Crippen LogP contribution >= 0.6 is 0 Å². The molecule has 0 saturated heterocycles. The Labute approximate surface area is 122 Å². The van der Waals surface area contributed by atoms with Gasteiger partial charge < -0.3 is 4.90 Å². The Bertz CT molecular complexity index is 625. The number of rotatable bonds is 3. The summed E-state index contributed by atoms with van der Waals surface area (Å²) in [5, 5.41) is 0. The topological polar surface area (TPSA) is 3.24 Å². The fraction of sp³-hybridized carbons (Fsp3) is 0.176. The van der Waals surface area contributed by atoms with E-state index in [4.69, 9.17) is 0 Å². The first-order chi connectivity index (χ1) is 9.86. The first-order valence-corrected chi connectivity index (χ1v) is 6.49. The van der Waals surface area contributed by atoms with E-state index in [1.54, 1.807) is 18.2 Å². The van der Waals surface area contributed by atoms with E-state index in [0.29, 0.717) is 5.56 Å². The van der Waals surface area contributed by atoms with Crippen molar-refractivity contribution in [2.45, 2.75) is 6.18 Å². The SMILES string of the molecule is CN(C)c1ccc(/C=C/c2cccc(C(F)(F)F)c2)cc1. The number of nitrogens with zero attached hydrogens (tertiary/aromatic N) is 1. The summed E-state index contributed by atoms with van der Waals surface area (Å²) in [6.45, 7) is 0. The van der Waals surface area contributed by atoms with E-state index in [1.807, 2.05) is 43.3 Å². The number of alkyl halides is 3. The van der Waals surface area contributed by atoms with Crippen LogP contribution in [0.25, 0.3) is 12.2 Å². The maximum Gasteiger partial charge on any atom is 0.416 e. The Kier molecular flexibility index (Phi) is 4.36. The van der Waals surface area contributed by atoms with Crippen molar-refractivity contribution in [3.8, 4) is 0 Å². The molecule has 0 radical (unpaired) electrons. The molecule has 110 valence electrons. The molecule has 0 atom stereocenters. The smallest absolute Gasteiger partial charge is 0.378 e. The molecule has 0 aliphatic heterocycles. The quantitative estimate of drug-likeness (QED) is 0.724. The summed E-state index contributed by atoms with van der Waals surface area (Å²) in [6.07, 6.45) is -0.827. The third-order valence-electron chi connectivity index (χ3n) is 3.09. The lowest BCUT2D eigenvalue weighted by molar-refractivity contribution is -0.137. The summed E-state index contributed by atoms with van der Waals surface area (Å²) in [5.74, 6) is 0. The zero-order valence-electron chi connectivity index (χ0n) is 11.9. The Morgan fingerprint density at radius 3 is 2.05 bits per heavy atom. The van der Waals surface area contributed by atoms with Crippen molar-refractivity contribution >= 4 is 17.8 Å². The summed E-state index contributed by atoms with van der Waals surface area (Å²) < 4.78 is 37.9. The zero-order valence-corrected chi connectivity index (χ0v) is 11.9. The summed E-state index contributed by atoms with van der Waals surface area (Å²) in [7, 11) is 3.90. The van der Waals surface area contributed by atoms with E-state index in [-0.39, 0.29) is 0 Å². The average Bonchev–Trinajstić information content (AvgIpc) is 2.45. The molecule has 0 spiro atoms. The third-order valence-corrected chi connectivity index (χ3v) is 3.09. The Hall–Kier alpha value is -2.23. The van der Waals surface area contributed by atoms with Crippen molar-refractivity contribution in [3.63, 3.8) is 0 Å². The van der Waals surface area contributed by atoms with Gasteiger partial charge in [0.2, 0.25) is 0 Å². The molecule has 1 nitrogen and oxygen atoms in total. The minimum atomic E-state index is -4.31. The fourth-order valence-corrected chi connectivity index (χ4v) is 1.89. The van der Waals surface area contributed by atoms with E-state index in [9.17, 15) is 13.2 Å². The molecule has 0 amide bonds. The van der Waals surface area contributed by atoms with Crippen LogP contribution in [0.3, 0.4) is 0 Å². The lowest BCUT2D eigenvalue weighted by Gasteiger charge is -2.11. The highest BCUT2D eigenvalue weighted by Gasteiger charge is 2.30. The molecule has 0 saturated carbocycles. The molecular formula is C17H16F3N. The molecule has 21 heavy (non-hydrogen) atoms. The van der Waals surface area contributed by atoms with Crippen molar-refractivity contribution in [1.29, 1.82) is 0 Å². The van der Waals surface area contributed by atoms with Gasteiger partial charge in [-0.05, 0) is 35.4 Å². The first kappa shape index (κ1) is 15.2. The van der Waals surface area contributed by atoms with Gasteiger partial charge in [0.1, 0.15) is 0 Å². The molecular weight excluding hydrogens is 275 g/mol. The van der Waals surface area contributed by atoms with Gasteiger partial charge in [-0.2, -0.15) is 13.2 Å². The Balaban J connectivity index is 2.17. The molecule has 0 aliphatic rings. The normalized spacial score (nSPS) is 11.9. The standard InChI is InChI=1S/C17H16F3N/c1-21(2)16-10-8-13(9-11-16)6-7-14-4-3-5-15(12-14)17(18,19)20/h3-12H,1-2H3/b7-6+. The minimum absolute atomic E-state index is 0.529. The van der Waals surface area contributed by atoms with Crippen molar-refractivity contribution in [1.82, 2.24) is 0 Å². The van der Waals surface area contributed by atoms with Gasteiger partial charge in [-0.3, -0.25) is 0 Å². The van der Waals surface area contributed by atoms with Gasteiger partial charge in [0.15, 0.2) is 0 Å². The van der Waals surface area contributed by atoms with Gasteiger partial charge in [-0.25, -0.2) is 0 Å². The van der Waals surface area contributed by atoms with Crippen molar-refractivity contribution in [2.24, 2.45) is 0 Å². The van der Waals surface area contributed by atoms with Gasteiger partial charge in [-0.1, -0.05) is 36.4 Å². The third kappa shape index (κ3) is 4.12. The highest BCUT2D eigenvalue weighted by atomic mass is 19.4. The second-order valence-corrected chi connectivity index (χ2v) is 4.94. The van der Waals surface area contributed by atoms with Crippen LogP contribution in [-0.4, -0.2) is 14.1 Å². The van der Waals surface area contributed by atoms with Crippen LogP contribution in [0.4, 0.5) is 18.9 Å². The largest absolute Gasteiger partial charge is 0.416 e. The Morgan fingerprint density at radius 1 is 0.857 bits per heavy atom. The van der Waals surface area contributed by atoms with E-state index in [2.05, 4.69) is 0 Å². The molecule has 0 heterocycles. The Morgan fingerprint density at radius 2 is 1.48 bits per heavy atom. The molecule has 2 aromatic rings. The molecule has 0 bridgehead atoms. The number of benzene rings is 2. The molecule has 0 unspecified atom stereocenters. The van der Waals surface area contributed by atoms with Crippen molar-refractivity contribution in [3.05, 3.63) is 65.2 Å². The van der Waals surface area contributed by atoms with Crippen LogP contribution < -0.4 is 4.90 Å². The minimum Gasteiger partial charge on any atom is -0.378 e. The zero-order chi connectivity index (χ0) is 15.5. The van der Waals surface area contributed by atoms with Crippen LogP contribution in [0.2, 0.25) is 0 Å². The molecule has 4 heteroatoms. The fourth-order valence-electron chi connectivity index (χ4n) is 1.89. The van der Waals surface area contributed by atoms with E-state index in [1.165, 1.54) is 6.07 Å². The lowest BCUT2D eigenvalue weighted by atomic mass is 10.1. The van der Waals surface area contributed by atoms with Crippen LogP contribution in [-0.2, 0) is 6.18 Å². The molecule has 0 N–H and O–H groups in total. The second kappa shape index (κ2) is 6.04. The van der Waals surface area contributed by atoms with Crippen LogP contribution in [0.5, 0.6) is 0 Å². The number of anilines is 1. The van der Waals surface area contributed by atoms with Crippen molar-refractivity contribution in [2.75, 3.05) is 19.0 Å².